The standard InChI is InChI=1S/C69H105N7O15/c1-12-39(6)51(36-53(79)52(27-28-57(70)83)71-64(86)49(37-77)34-55(81)58(40(7)13-2)72-63(85)46(16-5)32-45-25-26-47-23-19-20-24-48(47)33-45)66(88)73-59(41(8)14-3)56(82)35-50(38-78)65(87)74-61-44(11)91-67(89)60(42(9)15-4)75-68(90)69(29-21-17-18-22-30-69)76-62(84)43(10)31-54(61)80/h19-20,23-26,33,39-44,46,49-52,58-61,77-78H,12-18,21-22,27-32,34-38H2,1-11H3,(H2,70,83)(H,71,86)(H,72,85)(H,73,88)(H,74,87)(H,75,90)(H,76,84)/t39-,40-,41-,42-,43+,44-,46+,49-,50-,51+,52+,58-,59-,60-,61+/m0/s1. The van der Waals surface area contributed by atoms with E-state index in [4.69, 9.17) is 10.5 Å². The molecule has 0 aromatic heterocycles. The van der Waals surface area contributed by atoms with Crippen LogP contribution in [0.2, 0.25) is 0 Å². The second-order valence-corrected chi connectivity index (χ2v) is 26.1. The summed E-state index contributed by atoms with van der Waals surface area (Å²) in [4.78, 5) is 168. The van der Waals surface area contributed by atoms with Crippen molar-refractivity contribution < 1.29 is 72.5 Å². The number of nitrogens with one attached hydrogen (secondary N) is 6. The first-order valence-electron chi connectivity index (χ1n) is 33.3. The number of esters is 1. The zero-order valence-corrected chi connectivity index (χ0v) is 55.6. The van der Waals surface area contributed by atoms with Gasteiger partial charge in [-0.05, 0) is 79.0 Å². The fourth-order valence-electron chi connectivity index (χ4n) is 12.1. The van der Waals surface area contributed by atoms with Crippen LogP contribution < -0.4 is 37.6 Å². The molecule has 22 nitrogen and oxygen atoms in total. The van der Waals surface area contributed by atoms with Crippen molar-refractivity contribution in [2.75, 3.05) is 13.2 Å². The van der Waals surface area contributed by atoms with Crippen molar-refractivity contribution in [2.24, 2.45) is 59.0 Å². The summed E-state index contributed by atoms with van der Waals surface area (Å²) in [7, 11) is 0. The Morgan fingerprint density at radius 3 is 1.74 bits per heavy atom. The van der Waals surface area contributed by atoms with E-state index in [0.717, 1.165) is 29.2 Å². The number of ether oxygens (including phenoxy) is 1. The highest BCUT2D eigenvalue weighted by Gasteiger charge is 2.46. The smallest absolute Gasteiger partial charge is 0.329 e. The van der Waals surface area contributed by atoms with Gasteiger partial charge in [0.05, 0.1) is 43.2 Å². The van der Waals surface area contributed by atoms with Crippen molar-refractivity contribution in [2.45, 2.75) is 234 Å². The molecular weight excluding hydrogens is 1170 g/mol. The minimum atomic E-state index is -1.57. The molecule has 506 valence electrons. The molecule has 1 aliphatic heterocycles. The van der Waals surface area contributed by atoms with Crippen LogP contribution in [0.1, 0.15) is 191 Å². The number of Topliss-reactive ketones (excluding diaryl/α,β-unsaturated/α-hetero) is 4. The third-order valence-corrected chi connectivity index (χ3v) is 19.3. The first-order valence-corrected chi connectivity index (χ1v) is 33.3. The molecule has 2 aromatic carbocycles. The third kappa shape index (κ3) is 21.8. The van der Waals surface area contributed by atoms with E-state index >= 15 is 0 Å². The van der Waals surface area contributed by atoms with Gasteiger partial charge in [-0.25, -0.2) is 4.79 Å². The van der Waals surface area contributed by atoms with Gasteiger partial charge in [0, 0.05) is 49.9 Å². The number of carbonyl (C=O) groups excluding carboxylic acids is 12. The zero-order chi connectivity index (χ0) is 67.9. The third-order valence-electron chi connectivity index (χ3n) is 19.3. The Labute approximate surface area is 537 Å². The van der Waals surface area contributed by atoms with Crippen LogP contribution in [-0.4, -0.2) is 136 Å². The Bertz CT molecular complexity index is 2850. The second-order valence-electron chi connectivity index (χ2n) is 26.1. The number of aliphatic hydroxyl groups excluding tert-OH is 2. The number of aliphatic hydroxyl groups is 2. The average molecular weight is 1270 g/mol. The Morgan fingerprint density at radius 1 is 0.648 bits per heavy atom. The van der Waals surface area contributed by atoms with E-state index < -0.39 is 193 Å². The molecule has 91 heavy (non-hydrogen) atoms. The summed E-state index contributed by atoms with van der Waals surface area (Å²) >= 11 is 0. The molecule has 0 unspecified atom stereocenters. The number of benzene rings is 2. The molecule has 0 bridgehead atoms. The summed E-state index contributed by atoms with van der Waals surface area (Å²) in [5.74, 6) is -15.6. The maximum atomic E-state index is 14.6. The zero-order valence-electron chi connectivity index (χ0n) is 55.6. The summed E-state index contributed by atoms with van der Waals surface area (Å²) in [5.41, 5.74) is 5.14. The van der Waals surface area contributed by atoms with E-state index in [1.54, 1.807) is 41.5 Å². The number of ketones is 4. The maximum Gasteiger partial charge on any atom is 0.329 e. The topological polar surface area (TPSA) is 353 Å². The number of fused-ring (bicyclic) bond motifs is 1. The maximum absolute atomic E-state index is 14.6. The van der Waals surface area contributed by atoms with Crippen molar-refractivity contribution in [1.29, 1.82) is 0 Å². The summed E-state index contributed by atoms with van der Waals surface area (Å²) in [6.07, 6.45) is 2.08. The van der Waals surface area contributed by atoms with Crippen molar-refractivity contribution in [3.05, 3.63) is 48.0 Å². The Hall–Kier alpha value is -6.94. The predicted octanol–water partition coefficient (Wildman–Crippen LogP) is 5.74. The quantitative estimate of drug-likeness (QED) is 0.0385. The van der Waals surface area contributed by atoms with E-state index in [2.05, 4.69) is 31.9 Å². The molecule has 0 radical (unpaired) electrons. The summed E-state index contributed by atoms with van der Waals surface area (Å²) in [6, 6.07) is 7.42. The van der Waals surface area contributed by atoms with Crippen LogP contribution in [0.4, 0.5) is 0 Å². The normalized spacial score (nSPS) is 21.9. The van der Waals surface area contributed by atoms with Crippen LogP contribution in [0.5, 0.6) is 0 Å². The lowest BCUT2D eigenvalue weighted by Gasteiger charge is -2.35. The molecule has 10 N–H and O–H groups in total. The second kappa shape index (κ2) is 36.9. The van der Waals surface area contributed by atoms with Crippen LogP contribution >= 0.6 is 0 Å². The number of hydrogen-bond donors (Lipinski definition) is 9. The molecule has 15 atom stereocenters. The first kappa shape index (κ1) is 76.5. The molecule has 2 aliphatic rings. The lowest BCUT2D eigenvalue weighted by molar-refractivity contribution is -0.157. The fraction of sp³-hybridized carbons (Fsp3) is 0.681. The molecule has 22 heteroatoms. The van der Waals surface area contributed by atoms with Gasteiger partial charge in [0.2, 0.25) is 41.4 Å². The summed E-state index contributed by atoms with van der Waals surface area (Å²) in [5, 5.41) is 40.1. The lowest BCUT2D eigenvalue weighted by Crippen LogP contribution is -2.62. The van der Waals surface area contributed by atoms with Gasteiger partial charge in [-0.2, -0.15) is 0 Å². The van der Waals surface area contributed by atoms with Gasteiger partial charge in [-0.3, -0.25) is 52.7 Å². The highest BCUT2D eigenvalue weighted by molar-refractivity contribution is 6.00. The van der Waals surface area contributed by atoms with Crippen LogP contribution in [0.25, 0.3) is 10.8 Å². The predicted molar refractivity (Wildman–Crippen MR) is 344 cm³/mol. The van der Waals surface area contributed by atoms with Crippen LogP contribution in [0.15, 0.2) is 42.5 Å². The number of carbonyl (C=O) groups is 12. The molecule has 1 saturated heterocycles. The monoisotopic (exact) mass is 1270 g/mol. The van der Waals surface area contributed by atoms with Crippen molar-refractivity contribution in [3.8, 4) is 0 Å². The number of primary amides is 1. The van der Waals surface area contributed by atoms with Gasteiger partial charge in [0.1, 0.15) is 23.7 Å². The number of amides is 7. The van der Waals surface area contributed by atoms with Crippen LogP contribution in [-0.2, 0) is 68.7 Å². The van der Waals surface area contributed by atoms with Gasteiger partial charge in [-0.15, -0.1) is 0 Å². The van der Waals surface area contributed by atoms with Crippen molar-refractivity contribution in [1.82, 2.24) is 31.9 Å². The van der Waals surface area contributed by atoms with E-state index in [1.807, 2.05) is 63.2 Å². The summed E-state index contributed by atoms with van der Waals surface area (Å²) < 4.78 is 5.87. The molecule has 1 spiro atoms. The molecule has 7 amide bonds. The number of nitrogens with two attached hydrogens (primary N) is 1. The van der Waals surface area contributed by atoms with Gasteiger partial charge >= 0.3 is 5.97 Å². The average Bonchev–Trinajstić information content (AvgIpc) is 2.21. The molecule has 2 fully saturated rings. The largest absolute Gasteiger partial charge is 0.458 e. The molecular formula is C69H105N7O15. The molecule has 1 saturated carbocycles. The van der Waals surface area contributed by atoms with E-state index in [-0.39, 0.29) is 24.7 Å². The van der Waals surface area contributed by atoms with E-state index in [1.165, 1.54) is 13.8 Å². The van der Waals surface area contributed by atoms with Gasteiger partial charge in [-0.1, -0.05) is 163 Å². The minimum Gasteiger partial charge on any atom is -0.458 e. The van der Waals surface area contributed by atoms with Gasteiger partial charge < -0.3 is 52.6 Å². The highest BCUT2D eigenvalue weighted by atomic mass is 16.5. The lowest BCUT2D eigenvalue weighted by atomic mass is 9.83. The van der Waals surface area contributed by atoms with Gasteiger partial charge in [0.15, 0.2) is 23.1 Å². The number of rotatable bonds is 33. The van der Waals surface area contributed by atoms with Crippen molar-refractivity contribution in [3.63, 3.8) is 0 Å². The Morgan fingerprint density at radius 2 is 1.20 bits per heavy atom. The first-order chi connectivity index (χ1) is 43.1. The fourth-order valence-corrected chi connectivity index (χ4v) is 12.1. The minimum absolute atomic E-state index is 0.292. The molecule has 2 aromatic rings. The van der Waals surface area contributed by atoms with Gasteiger partial charge in [0.25, 0.3) is 0 Å². The Kier molecular flexibility index (Phi) is 31.1. The molecule has 1 heterocycles. The number of hydrogen-bond acceptors (Lipinski definition) is 15. The molecule has 1 aliphatic carbocycles. The Balaban J connectivity index is 1.52. The van der Waals surface area contributed by atoms with Crippen molar-refractivity contribution >= 4 is 81.2 Å². The summed E-state index contributed by atoms with van der Waals surface area (Å²) in [6.45, 7) is 17.3. The number of cyclic esters (lactones) is 1. The van der Waals surface area contributed by atoms with E-state index in [9.17, 15) is 67.7 Å². The SMILES string of the molecule is CC[C@H](Cc1ccc2ccccc2c1)C(=O)N[C@H](C(=O)C[C@@H](CO)C(=O)N[C@H](CCC(N)=O)C(=O)C[C@@H](C(=O)N[C@H](C(=O)C[C@@H](CO)C(=O)N[C@H]1C(=O)C[C@@H](C)C(=O)NC2(CCCCCC2)C(=O)N[C@@H]([C@@H](C)CC)C(=O)O[C@H]1C)[C@@H](C)CC)[C@@H](C)CC)[C@@H](C)CC. The van der Waals surface area contributed by atoms with E-state index in [0.29, 0.717) is 64.2 Å². The van der Waals surface area contributed by atoms with Crippen LogP contribution in [0, 0.1) is 53.3 Å². The van der Waals surface area contributed by atoms with Crippen LogP contribution in [0.3, 0.4) is 0 Å². The highest BCUT2D eigenvalue weighted by Crippen LogP contribution is 2.31. The molecule has 4 rings (SSSR count).